The lowest BCUT2D eigenvalue weighted by Gasteiger charge is -2.29. The third-order valence-electron chi connectivity index (χ3n) is 4.91. The molecule has 2 aromatic rings. The van der Waals surface area contributed by atoms with E-state index >= 15 is 0 Å². The maximum Gasteiger partial charge on any atom is 0.410 e. The highest BCUT2D eigenvalue weighted by Crippen LogP contribution is 2.33. The lowest BCUT2D eigenvalue weighted by Crippen LogP contribution is -2.47. The number of likely N-dealkylation sites (tertiary alicyclic amines) is 1. The molecule has 1 fully saturated rings. The Morgan fingerprint density at radius 2 is 2.06 bits per heavy atom. The quantitative estimate of drug-likeness (QED) is 0.316. The van der Waals surface area contributed by atoms with Gasteiger partial charge in [-0.05, 0) is 62.5 Å². The molecule has 8 nitrogen and oxygen atoms in total. The van der Waals surface area contributed by atoms with Gasteiger partial charge in [0.05, 0.1) is 22.1 Å². The van der Waals surface area contributed by atoms with E-state index in [-0.39, 0.29) is 27.0 Å². The van der Waals surface area contributed by atoms with Crippen LogP contribution < -0.4 is 0 Å². The number of nitrogens with zero attached hydrogens (tertiary/aromatic N) is 3. The Morgan fingerprint density at radius 3 is 2.69 bits per heavy atom. The van der Waals surface area contributed by atoms with Gasteiger partial charge in [-0.2, -0.15) is 5.10 Å². The second-order valence-electron chi connectivity index (χ2n) is 8.41. The van der Waals surface area contributed by atoms with E-state index in [1.165, 1.54) is 17.2 Å². The summed E-state index contributed by atoms with van der Waals surface area (Å²) in [6.07, 6.45) is 1.62. The molecule has 0 radical (unpaired) electrons. The first-order valence-corrected chi connectivity index (χ1v) is 11.3. The Hall–Kier alpha value is -2.20. The van der Waals surface area contributed by atoms with Crippen molar-refractivity contribution >= 4 is 56.3 Å². The third kappa shape index (κ3) is 4.91. The van der Waals surface area contributed by atoms with Crippen LogP contribution in [0.3, 0.4) is 0 Å². The molecule has 0 aliphatic carbocycles. The standard InChI is InChI=1S/C21H24BrClFN3O5/c1-5-31-19(29)17(27-10-11-13(23)9-12(22)15(24)16(11)25-27)18(28)14-7-6-8-26(14)20(30)32-21(2,3)4/h9-10,14,17H,5-8H2,1-4H3/t14-,17?/m0/s1. The summed E-state index contributed by atoms with van der Waals surface area (Å²) in [6.45, 7) is 7.13. The minimum absolute atomic E-state index is 0.0323. The molecule has 1 aromatic carbocycles. The average Bonchev–Trinajstić information content (AvgIpc) is 3.33. The van der Waals surface area contributed by atoms with Gasteiger partial charge in [-0.15, -0.1) is 0 Å². The van der Waals surface area contributed by atoms with Gasteiger partial charge in [-0.25, -0.2) is 18.7 Å². The molecule has 2 atom stereocenters. The summed E-state index contributed by atoms with van der Waals surface area (Å²) in [6, 6.07) is -1.04. The van der Waals surface area contributed by atoms with E-state index in [0.717, 1.165) is 4.68 Å². The molecule has 174 valence electrons. The predicted octanol–water partition coefficient (Wildman–Crippen LogP) is 4.66. The summed E-state index contributed by atoms with van der Waals surface area (Å²) in [7, 11) is 0. The van der Waals surface area contributed by atoms with Crippen molar-refractivity contribution in [3.05, 3.63) is 27.6 Å². The number of halogens is 3. The number of esters is 1. The van der Waals surface area contributed by atoms with E-state index in [4.69, 9.17) is 21.1 Å². The normalized spacial score (nSPS) is 17.5. The number of hydrogen-bond acceptors (Lipinski definition) is 6. The van der Waals surface area contributed by atoms with Crippen LogP contribution in [0.25, 0.3) is 10.9 Å². The van der Waals surface area contributed by atoms with Gasteiger partial charge in [0.2, 0.25) is 6.04 Å². The Morgan fingerprint density at radius 1 is 1.38 bits per heavy atom. The highest BCUT2D eigenvalue weighted by atomic mass is 79.9. The van der Waals surface area contributed by atoms with Crippen LogP contribution >= 0.6 is 27.5 Å². The number of amides is 1. The molecule has 0 N–H and O–H groups in total. The van der Waals surface area contributed by atoms with Crippen molar-refractivity contribution in [3.63, 3.8) is 0 Å². The molecule has 0 bridgehead atoms. The first kappa shape index (κ1) is 24.4. The van der Waals surface area contributed by atoms with E-state index in [1.807, 2.05) is 0 Å². The number of fused-ring (bicyclic) bond motifs is 1. The Bertz CT molecular complexity index is 1070. The molecule has 11 heteroatoms. The van der Waals surface area contributed by atoms with Gasteiger partial charge in [-0.1, -0.05) is 11.6 Å². The van der Waals surface area contributed by atoms with Crippen molar-refractivity contribution in [3.8, 4) is 0 Å². The molecule has 2 heterocycles. The van der Waals surface area contributed by atoms with Gasteiger partial charge >= 0.3 is 12.1 Å². The number of benzene rings is 1. The van der Waals surface area contributed by atoms with E-state index in [2.05, 4.69) is 21.0 Å². The van der Waals surface area contributed by atoms with Crippen LogP contribution in [0.4, 0.5) is 9.18 Å². The number of carbonyl (C=O) groups excluding carboxylic acids is 3. The SMILES string of the molecule is CCOC(=O)C(C(=O)[C@@H]1CCCN1C(=O)OC(C)(C)C)n1cc2c(Cl)cc(Br)c(F)c2n1. The smallest absolute Gasteiger partial charge is 0.410 e. The van der Waals surface area contributed by atoms with Crippen molar-refractivity contribution in [1.82, 2.24) is 14.7 Å². The summed E-state index contributed by atoms with van der Waals surface area (Å²) in [5.74, 6) is -2.11. The van der Waals surface area contributed by atoms with E-state index in [0.29, 0.717) is 19.4 Å². The molecule has 1 aromatic heterocycles. The molecule has 1 unspecified atom stereocenters. The van der Waals surface area contributed by atoms with Crippen LogP contribution in [0.5, 0.6) is 0 Å². The number of ether oxygens (including phenoxy) is 2. The zero-order chi connectivity index (χ0) is 23.8. The number of ketones is 1. The van der Waals surface area contributed by atoms with E-state index in [1.54, 1.807) is 27.7 Å². The Balaban J connectivity index is 2.01. The fourth-order valence-corrected chi connectivity index (χ4v) is 4.38. The predicted molar refractivity (Wildman–Crippen MR) is 119 cm³/mol. The van der Waals surface area contributed by atoms with Crippen molar-refractivity contribution in [1.29, 1.82) is 0 Å². The summed E-state index contributed by atoms with van der Waals surface area (Å²) in [5, 5.41) is 4.57. The molecule has 1 saturated heterocycles. The highest BCUT2D eigenvalue weighted by Gasteiger charge is 2.43. The van der Waals surface area contributed by atoms with Gasteiger partial charge in [0.15, 0.2) is 11.6 Å². The largest absolute Gasteiger partial charge is 0.464 e. The van der Waals surface area contributed by atoms with Crippen LogP contribution in [0.2, 0.25) is 5.02 Å². The van der Waals surface area contributed by atoms with Crippen LogP contribution in [0.1, 0.15) is 46.6 Å². The maximum absolute atomic E-state index is 14.6. The van der Waals surface area contributed by atoms with Gasteiger partial charge in [0.25, 0.3) is 0 Å². The molecular formula is C21H24BrClFN3O5. The van der Waals surface area contributed by atoms with Crippen LogP contribution in [-0.4, -0.2) is 57.3 Å². The van der Waals surface area contributed by atoms with Crippen molar-refractivity contribution in [2.75, 3.05) is 13.2 Å². The molecular weight excluding hydrogens is 509 g/mol. The van der Waals surface area contributed by atoms with Crippen LogP contribution in [0, 0.1) is 5.82 Å². The zero-order valence-corrected chi connectivity index (χ0v) is 20.5. The minimum Gasteiger partial charge on any atom is -0.464 e. The second kappa shape index (κ2) is 9.35. The van der Waals surface area contributed by atoms with E-state index in [9.17, 15) is 18.8 Å². The van der Waals surface area contributed by atoms with Crippen molar-refractivity contribution in [2.24, 2.45) is 0 Å². The summed E-state index contributed by atoms with van der Waals surface area (Å²) < 4.78 is 26.3. The topological polar surface area (TPSA) is 90.7 Å². The molecule has 32 heavy (non-hydrogen) atoms. The van der Waals surface area contributed by atoms with Crippen LogP contribution in [0.15, 0.2) is 16.7 Å². The molecule has 1 aliphatic rings. The average molecular weight is 533 g/mol. The molecule has 1 aliphatic heterocycles. The lowest BCUT2D eigenvalue weighted by atomic mass is 10.0. The minimum atomic E-state index is -1.51. The third-order valence-corrected chi connectivity index (χ3v) is 5.80. The summed E-state index contributed by atoms with van der Waals surface area (Å²) >= 11 is 9.28. The van der Waals surface area contributed by atoms with Gasteiger partial charge < -0.3 is 9.47 Å². The molecule has 0 saturated carbocycles. The van der Waals surface area contributed by atoms with Gasteiger partial charge in [0.1, 0.15) is 11.1 Å². The highest BCUT2D eigenvalue weighted by molar-refractivity contribution is 9.10. The number of rotatable bonds is 5. The number of Topliss-reactive ketones (excluding diaryl/α,β-unsaturated/α-hetero) is 1. The zero-order valence-electron chi connectivity index (χ0n) is 18.2. The molecule has 1 amide bonds. The first-order chi connectivity index (χ1) is 14.9. The Kier molecular flexibility index (Phi) is 7.14. The Labute approximate surface area is 198 Å². The fraction of sp³-hybridized carbons (Fsp3) is 0.524. The van der Waals surface area contributed by atoms with Crippen molar-refractivity contribution < 1.29 is 28.2 Å². The van der Waals surface area contributed by atoms with Crippen molar-refractivity contribution in [2.45, 2.75) is 58.2 Å². The molecule has 3 rings (SSSR count). The van der Waals surface area contributed by atoms with Crippen LogP contribution in [-0.2, 0) is 19.1 Å². The summed E-state index contributed by atoms with van der Waals surface area (Å²) in [4.78, 5) is 40.2. The maximum atomic E-state index is 14.6. The second-order valence-corrected chi connectivity index (χ2v) is 9.68. The lowest BCUT2D eigenvalue weighted by molar-refractivity contribution is -0.152. The number of hydrogen-bond donors (Lipinski definition) is 0. The van der Waals surface area contributed by atoms with Gasteiger partial charge in [-0.3, -0.25) is 9.69 Å². The summed E-state index contributed by atoms with van der Waals surface area (Å²) in [5.41, 5.74) is -0.836. The number of aromatic nitrogens is 2. The number of carbonyl (C=O) groups is 3. The first-order valence-electron chi connectivity index (χ1n) is 10.2. The van der Waals surface area contributed by atoms with E-state index < -0.39 is 41.3 Å². The van der Waals surface area contributed by atoms with Gasteiger partial charge in [0, 0.05) is 18.1 Å². The monoisotopic (exact) mass is 531 g/mol. The molecule has 0 spiro atoms. The fourth-order valence-electron chi connectivity index (χ4n) is 3.59.